The molecule has 3 aromatic heterocycles. The Balaban J connectivity index is 1.49. The lowest BCUT2D eigenvalue weighted by Gasteiger charge is -2.11. The predicted molar refractivity (Wildman–Crippen MR) is 125 cm³/mol. The minimum Gasteiger partial charge on any atom is -0.493 e. The van der Waals surface area contributed by atoms with Crippen LogP contribution in [0.15, 0.2) is 54.2 Å². The van der Waals surface area contributed by atoms with Crippen LogP contribution in [0.2, 0.25) is 0 Å². The van der Waals surface area contributed by atoms with Crippen molar-refractivity contribution in [1.82, 2.24) is 19.7 Å². The van der Waals surface area contributed by atoms with Crippen LogP contribution in [-0.4, -0.2) is 39.9 Å². The third kappa shape index (κ3) is 4.73. The molecule has 9 heteroatoms. The van der Waals surface area contributed by atoms with Crippen LogP contribution < -0.4 is 9.47 Å². The summed E-state index contributed by atoms with van der Waals surface area (Å²) in [6.45, 7) is 4.07. The summed E-state index contributed by atoms with van der Waals surface area (Å²) in [7, 11) is 3.19. The number of methoxy groups -OCH3 is 2. The van der Waals surface area contributed by atoms with Crippen molar-refractivity contribution in [2.75, 3.05) is 14.2 Å². The second-order valence-electron chi connectivity index (χ2n) is 7.49. The Hall–Kier alpha value is -3.72. The van der Waals surface area contributed by atoms with Crippen molar-refractivity contribution in [2.45, 2.75) is 26.4 Å². The number of benzene rings is 1. The molecule has 0 N–H and O–H groups in total. The molecule has 0 aliphatic heterocycles. The van der Waals surface area contributed by atoms with Crippen molar-refractivity contribution in [3.63, 3.8) is 0 Å². The number of carbonyl (C=O) groups is 1. The van der Waals surface area contributed by atoms with Gasteiger partial charge in [0.25, 0.3) is 0 Å². The smallest absolute Gasteiger partial charge is 0.342 e. The van der Waals surface area contributed by atoms with Gasteiger partial charge < -0.3 is 14.2 Å². The fourth-order valence-corrected chi connectivity index (χ4v) is 4.23. The minimum absolute atomic E-state index is 0.0491. The van der Waals surface area contributed by atoms with Gasteiger partial charge in [0.05, 0.1) is 31.8 Å². The average molecular weight is 465 g/mol. The second kappa shape index (κ2) is 9.83. The highest BCUT2D eigenvalue weighted by Gasteiger charge is 2.23. The topological polar surface area (TPSA) is 88.4 Å². The van der Waals surface area contributed by atoms with Gasteiger partial charge in [-0.1, -0.05) is 19.9 Å². The fourth-order valence-electron chi connectivity index (χ4n) is 3.42. The zero-order valence-electron chi connectivity index (χ0n) is 18.8. The number of hydrogen-bond donors (Lipinski definition) is 0. The Labute approximate surface area is 195 Å². The number of nitrogens with zero attached hydrogens (tertiary/aromatic N) is 4. The molecule has 0 saturated heterocycles. The number of rotatable bonds is 8. The van der Waals surface area contributed by atoms with Crippen LogP contribution in [0.5, 0.6) is 11.5 Å². The van der Waals surface area contributed by atoms with Crippen LogP contribution >= 0.6 is 11.3 Å². The first-order valence-electron chi connectivity index (χ1n) is 10.3. The summed E-state index contributed by atoms with van der Waals surface area (Å²) in [5, 5.41) is 7.05. The lowest BCUT2D eigenvalue weighted by atomic mass is 10.1. The first-order valence-corrected chi connectivity index (χ1v) is 11.2. The van der Waals surface area contributed by atoms with Gasteiger partial charge in [-0.05, 0) is 36.2 Å². The van der Waals surface area contributed by atoms with Crippen LogP contribution in [0.25, 0.3) is 16.4 Å². The largest absolute Gasteiger partial charge is 0.493 e. The van der Waals surface area contributed by atoms with Crippen molar-refractivity contribution in [3.8, 4) is 27.9 Å². The molecule has 0 atom stereocenters. The summed E-state index contributed by atoms with van der Waals surface area (Å²) in [6, 6.07) is 11.2. The lowest BCUT2D eigenvalue weighted by Crippen LogP contribution is -2.11. The highest BCUT2D eigenvalue weighted by atomic mass is 32.1. The van der Waals surface area contributed by atoms with E-state index in [4.69, 9.17) is 14.2 Å². The van der Waals surface area contributed by atoms with Gasteiger partial charge in [0, 0.05) is 17.1 Å². The fraction of sp³-hybridized carbons (Fsp3) is 0.250. The number of ether oxygens (including phenoxy) is 3. The number of hydrogen-bond acceptors (Lipinski definition) is 8. The maximum absolute atomic E-state index is 12.9. The van der Waals surface area contributed by atoms with E-state index in [0.29, 0.717) is 28.6 Å². The minimum atomic E-state index is -0.443. The summed E-state index contributed by atoms with van der Waals surface area (Å²) in [6.07, 6.45) is 3.22. The normalized spacial score (nSPS) is 10.9. The van der Waals surface area contributed by atoms with Crippen LogP contribution in [-0.2, 0) is 11.3 Å². The Kier molecular flexibility index (Phi) is 6.69. The maximum Gasteiger partial charge on any atom is 0.342 e. The summed E-state index contributed by atoms with van der Waals surface area (Å²) >= 11 is 1.47. The van der Waals surface area contributed by atoms with Crippen molar-refractivity contribution < 1.29 is 19.0 Å². The summed E-state index contributed by atoms with van der Waals surface area (Å²) in [4.78, 5) is 21.8. The van der Waals surface area contributed by atoms with E-state index in [-0.39, 0.29) is 12.5 Å². The zero-order chi connectivity index (χ0) is 23.4. The molecule has 170 valence electrons. The van der Waals surface area contributed by atoms with Gasteiger partial charge >= 0.3 is 5.97 Å². The summed E-state index contributed by atoms with van der Waals surface area (Å²) < 4.78 is 17.9. The van der Waals surface area contributed by atoms with Crippen molar-refractivity contribution >= 4 is 17.3 Å². The zero-order valence-corrected chi connectivity index (χ0v) is 19.6. The number of thiazole rings is 1. The molecule has 33 heavy (non-hydrogen) atoms. The van der Waals surface area contributed by atoms with Gasteiger partial charge in [-0.3, -0.25) is 0 Å². The standard InChI is InChI=1S/C24H24N4O4S/c1-15(2)22-18(12-26-28(22)21-7-5-6-10-25-21)24(29)32-13-17-14-33-23(27-17)16-8-9-19(30-3)20(11-16)31-4/h5-12,14-15H,13H2,1-4H3. The molecular formula is C24H24N4O4S. The Bertz CT molecular complexity index is 1250. The van der Waals surface area contributed by atoms with Gasteiger partial charge in [-0.25, -0.2) is 19.4 Å². The second-order valence-corrected chi connectivity index (χ2v) is 8.35. The van der Waals surface area contributed by atoms with E-state index in [0.717, 1.165) is 16.3 Å². The molecule has 0 spiro atoms. The van der Waals surface area contributed by atoms with Gasteiger partial charge in [0.15, 0.2) is 17.3 Å². The Morgan fingerprint density at radius 2 is 1.94 bits per heavy atom. The van der Waals surface area contributed by atoms with Gasteiger partial charge in [-0.15, -0.1) is 11.3 Å². The van der Waals surface area contributed by atoms with E-state index in [1.165, 1.54) is 17.5 Å². The highest BCUT2D eigenvalue weighted by molar-refractivity contribution is 7.13. The summed E-state index contributed by atoms with van der Waals surface area (Å²) in [5.41, 5.74) is 2.74. The van der Waals surface area contributed by atoms with E-state index in [1.54, 1.807) is 25.1 Å². The molecule has 0 aliphatic carbocycles. The molecule has 0 aliphatic rings. The maximum atomic E-state index is 12.9. The van der Waals surface area contributed by atoms with E-state index < -0.39 is 5.97 Å². The number of carbonyl (C=O) groups excluding carboxylic acids is 1. The Morgan fingerprint density at radius 1 is 1.12 bits per heavy atom. The molecule has 0 saturated carbocycles. The molecule has 4 aromatic rings. The molecular weight excluding hydrogens is 440 g/mol. The first-order chi connectivity index (χ1) is 16.0. The summed E-state index contributed by atoms with van der Waals surface area (Å²) in [5.74, 6) is 1.54. The van der Waals surface area contributed by atoms with Crippen molar-refractivity contribution in [3.05, 3.63) is 71.1 Å². The molecule has 0 unspecified atom stereocenters. The molecule has 0 radical (unpaired) electrons. The molecule has 0 amide bonds. The lowest BCUT2D eigenvalue weighted by molar-refractivity contribution is 0.0466. The van der Waals surface area contributed by atoms with Crippen LogP contribution in [0.4, 0.5) is 0 Å². The Morgan fingerprint density at radius 3 is 2.64 bits per heavy atom. The first kappa shape index (κ1) is 22.5. The molecule has 1 aromatic carbocycles. The van der Waals surface area contributed by atoms with E-state index in [9.17, 15) is 4.79 Å². The van der Waals surface area contributed by atoms with E-state index >= 15 is 0 Å². The molecule has 0 bridgehead atoms. The molecule has 4 rings (SSSR count). The van der Waals surface area contributed by atoms with Crippen LogP contribution in [0, 0.1) is 0 Å². The monoisotopic (exact) mass is 464 g/mol. The van der Waals surface area contributed by atoms with Crippen molar-refractivity contribution in [1.29, 1.82) is 0 Å². The molecule has 3 heterocycles. The highest BCUT2D eigenvalue weighted by Crippen LogP contribution is 2.33. The van der Waals surface area contributed by atoms with Gasteiger partial charge in [-0.2, -0.15) is 5.10 Å². The van der Waals surface area contributed by atoms with E-state index in [2.05, 4.69) is 15.1 Å². The van der Waals surface area contributed by atoms with Gasteiger partial charge in [0.1, 0.15) is 17.2 Å². The van der Waals surface area contributed by atoms with Crippen molar-refractivity contribution in [2.24, 2.45) is 0 Å². The number of esters is 1. The van der Waals surface area contributed by atoms with Gasteiger partial charge in [0.2, 0.25) is 0 Å². The average Bonchev–Trinajstić information content (AvgIpc) is 3.50. The van der Waals surface area contributed by atoms with E-state index in [1.807, 2.05) is 55.6 Å². The number of pyridine rings is 1. The van der Waals surface area contributed by atoms with Crippen LogP contribution in [0.1, 0.15) is 41.5 Å². The third-order valence-electron chi connectivity index (χ3n) is 4.97. The predicted octanol–water partition coefficient (Wildman–Crippen LogP) is 4.89. The third-order valence-corrected chi connectivity index (χ3v) is 5.91. The SMILES string of the molecule is COc1ccc(-c2nc(COC(=O)c3cnn(-c4ccccn4)c3C(C)C)cs2)cc1OC. The number of aromatic nitrogens is 4. The quantitative estimate of drug-likeness (QED) is 0.343. The molecule has 0 fully saturated rings. The molecule has 8 nitrogen and oxygen atoms in total. The van der Waals surface area contributed by atoms with Crippen LogP contribution in [0.3, 0.4) is 0 Å².